The summed E-state index contributed by atoms with van der Waals surface area (Å²) in [6.45, 7) is 5.56. The van der Waals surface area contributed by atoms with Crippen molar-refractivity contribution in [3.05, 3.63) is 35.8 Å². The number of rotatable bonds is 5. The molecule has 3 N–H and O–H groups in total. The van der Waals surface area contributed by atoms with E-state index < -0.39 is 21.4 Å². The topological polar surface area (TPSA) is 92.9 Å². The Bertz CT molecular complexity index is 705. The highest BCUT2D eigenvalue weighted by molar-refractivity contribution is 7.90. The van der Waals surface area contributed by atoms with Crippen molar-refractivity contribution in [2.45, 2.75) is 57.0 Å². The van der Waals surface area contributed by atoms with Crippen molar-refractivity contribution in [2.75, 3.05) is 13.1 Å². The fourth-order valence-corrected chi connectivity index (χ4v) is 5.36. The van der Waals surface area contributed by atoms with E-state index >= 15 is 0 Å². The molecule has 1 fully saturated rings. The maximum atomic E-state index is 12.4. The number of likely N-dealkylation sites (tertiary alicyclic amines) is 1. The van der Waals surface area contributed by atoms with Gasteiger partial charge in [0.1, 0.15) is 17.1 Å². The number of aliphatic hydroxyl groups is 1. The minimum atomic E-state index is -3.84. The first kappa shape index (κ1) is 19.5. The van der Waals surface area contributed by atoms with Crippen molar-refractivity contribution in [2.24, 2.45) is 17.0 Å². The number of aliphatic hydroxyl groups excluding tert-OH is 1. The molecule has 26 heavy (non-hydrogen) atoms. The monoisotopic (exact) mass is 382 g/mol. The highest BCUT2D eigenvalue weighted by Crippen LogP contribution is 2.42. The van der Waals surface area contributed by atoms with Crippen molar-refractivity contribution in [1.82, 2.24) is 4.90 Å². The second kappa shape index (κ2) is 7.74. The van der Waals surface area contributed by atoms with Gasteiger partial charge < -0.3 is 14.7 Å². The third-order valence-electron chi connectivity index (χ3n) is 5.79. The lowest BCUT2D eigenvalue weighted by Crippen LogP contribution is -2.46. The number of sulfonamides is 1. The Morgan fingerprint density at radius 1 is 1.31 bits per heavy atom. The SMILES string of the molecule is CC(O)C1CC(S(N)(=O)=O)C(OC2C=CC=CC2)=C(N2CCCC2)C1C. The molecule has 6 nitrogen and oxygen atoms in total. The minimum absolute atomic E-state index is 0.0178. The molecule has 1 heterocycles. The summed E-state index contributed by atoms with van der Waals surface area (Å²) in [5, 5.41) is 15.0. The number of allylic oxidation sites excluding steroid dienone is 3. The van der Waals surface area contributed by atoms with Gasteiger partial charge in [-0.2, -0.15) is 0 Å². The number of ether oxygens (including phenoxy) is 1. The van der Waals surface area contributed by atoms with Gasteiger partial charge in [-0.15, -0.1) is 0 Å². The van der Waals surface area contributed by atoms with Gasteiger partial charge in [0, 0.05) is 25.4 Å². The van der Waals surface area contributed by atoms with E-state index in [2.05, 4.69) is 11.8 Å². The van der Waals surface area contributed by atoms with Crippen LogP contribution in [0.25, 0.3) is 0 Å². The van der Waals surface area contributed by atoms with E-state index in [0.717, 1.165) is 31.6 Å². The number of primary sulfonamides is 1. The van der Waals surface area contributed by atoms with Gasteiger partial charge in [-0.1, -0.05) is 25.2 Å². The maximum absolute atomic E-state index is 12.4. The lowest BCUT2D eigenvalue weighted by Gasteiger charge is -2.42. The fraction of sp³-hybridized carbons (Fsp3) is 0.684. The van der Waals surface area contributed by atoms with E-state index in [9.17, 15) is 13.5 Å². The summed E-state index contributed by atoms with van der Waals surface area (Å²) >= 11 is 0. The Kier molecular flexibility index (Phi) is 5.79. The average Bonchev–Trinajstić information content (AvgIpc) is 3.08. The van der Waals surface area contributed by atoms with E-state index in [1.165, 1.54) is 0 Å². The fourth-order valence-electron chi connectivity index (χ4n) is 4.39. The van der Waals surface area contributed by atoms with E-state index in [4.69, 9.17) is 9.88 Å². The van der Waals surface area contributed by atoms with Crippen LogP contribution in [0, 0.1) is 11.8 Å². The summed E-state index contributed by atoms with van der Waals surface area (Å²) in [7, 11) is -3.84. The van der Waals surface area contributed by atoms with Crippen LogP contribution in [0.2, 0.25) is 0 Å². The molecule has 0 saturated carbocycles. The molecular formula is C19H30N2O4S. The zero-order valence-corrected chi connectivity index (χ0v) is 16.4. The van der Waals surface area contributed by atoms with Gasteiger partial charge in [0.25, 0.3) is 0 Å². The standard InChI is InChI=1S/C19H30N2O4S/c1-13-16(14(2)22)12-17(26(20,23)24)19(18(13)21-10-6-7-11-21)25-15-8-4-3-5-9-15/h3-5,8,13-17,22H,6-7,9-12H2,1-2H3,(H2,20,23,24). The van der Waals surface area contributed by atoms with Gasteiger partial charge in [-0.25, -0.2) is 13.6 Å². The second-order valence-electron chi connectivity index (χ2n) is 7.66. The lowest BCUT2D eigenvalue weighted by atomic mass is 9.78. The maximum Gasteiger partial charge on any atom is 0.219 e. The first-order valence-corrected chi connectivity index (χ1v) is 11.1. The first-order chi connectivity index (χ1) is 12.3. The van der Waals surface area contributed by atoms with Gasteiger partial charge in [0.05, 0.1) is 11.8 Å². The molecule has 0 aromatic heterocycles. The Morgan fingerprint density at radius 3 is 2.54 bits per heavy atom. The Balaban J connectivity index is 2.06. The Labute approximate surface area is 156 Å². The van der Waals surface area contributed by atoms with Crippen LogP contribution >= 0.6 is 0 Å². The quantitative estimate of drug-likeness (QED) is 0.757. The third kappa shape index (κ3) is 4.00. The molecule has 5 unspecified atom stereocenters. The largest absolute Gasteiger partial charge is 0.487 e. The van der Waals surface area contributed by atoms with Crippen LogP contribution < -0.4 is 5.14 Å². The van der Waals surface area contributed by atoms with Crippen LogP contribution in [0.4, 0.5) is 0 Å². The normalized spacial score (nSPS) is 33.6. The zero-order valence-electron chi connectivity index (χ0n) is 15.5. The van der Waals surface area contributed by atoms with Gasteiger partial charge in [0.15, 0.2) is 0 Å². The molecule has 3 rings (SSSR count). The van der Waals surface area contributed by atoms with Crippen LogP contribution in [0.3, 0.4) is 0 Å². The summed E-state index contributed by atoms with van der Waals surface area (Å²) in [6.07, 6.45) is 10.2. The molecule has 5 atom stereocenters. The van der Waals surface area contributed by atoms with Crippen LogP contribution in [-0.2, 0) is 14.8 Å². The molecule has 2 aliphatic carbocycles. The number of nitrogens with zero attached hydrogens (tertiary/aromatic N) is 1. The van der Waals surface area contributed by atoms with Gasteiger partial charge in [-0.05, 0) is 38.2 Å². The molecule has 0 aromatic rings. The molecule has 0 aromatic carbocycles. The van der Waals surface area contributed by atoms with Gasteiger partial charge >= 0.3 is 0 Å². The highest BCUT2D eigenvalue weighted by atomic mass is 32.2. The van der Waals surface area contributed by atoms with E-state index in [1.54, 1.807) is 6.92 Å². The first-order valence-electron chi connectivity index (χ1n) is 9.47. The van der Waals surface area contributed by atoms with E-state index in [-0.39, 0.29) is 24.4 Å². The number of nitrogens with two attached hydrogens (primary N) is 1. The van der Waals surface area contributed by atoms with Crippen molar-refractivity contribution < 1.29 is 18.3 Å². The van der Waals surface area contributed by atoms with Gasteiger partial charge in [0.2, 0.25) is 10.0 Å². The smallest absolute Gasteiger partial charge is 0.219 e. The molecule has 1 aliphatic heterocycles. The predicted molar refractivity (Wildman–Crippen MR) is 101 cm³/mol. The molecule has 0 bridgehead atoms. The number of hydrogen-bond donors (Lipinski definition) is 2. The summed E-state index contributed by atoms with van der Waals surface area (Å²) in [4.78, 5) is 2.23. The van der Waals surface area contributed by atoms with Gasteiger partial charge in [-0.3, -0.25) is 0 Å². The summed E-state index contributed by atoms with van der Waals surface area (Å²) < 4.78 is 31.1. The number of hydrogen-bond acceptors (Lipinski definition) is 5. The molecule has 146 valence electrons. The van der Waals surface area contributed by atoms with E-state index in [1.807, 2.05) is 24.3 Å². The van der Waals surface area contributed by atoms with Crippen molar-refractivity contribution in [1.29, 1.82) is 0 Å². The summed E-state index contributed by atoms with van der Waals surface area (Å²) in [5.41, 5.74) is 0.918. The minimum Gasteiger partial charge on any atom is -0.487 e. The molecule has 0 amide bonds. The van der Waals surface area contributed by atoms with Crippen LogP contribution in [0.15, 0.2) is 35.8 Å². The highest BCUT2D eigenvalue weighted by Gasteiger charge is 2.45. The second-order valence-corrected chi connectivity index (χ2v) is 9.40. The van der Waals surface area contributed by atoms with Crippen molar-refractivity contribution >= 4 is 10.0 Å². The zero-order chi connectivity index (χ0) is 18.9. The molecule has 0 spiro atoms. The lowest BCUT2D eigenvalue weighted by molar-refractivity contribution is 0.0577. The van der Waals surface area contributed by atoms with Crippen LogP contribution in [-0.4, -0.2) is 49.0 Å². The Morgan fingerprint density at radius 2 is 2.00 bits per heavy atom. The summed E-state index contributed by atoms with van der Waals surface area (Å²) in [5.74, 6) is 0.344. The predicted octanol–water partition coefficient (Wildman–Crippen LogP) is 1.89. The van der Waals surface area contributed by atoms with Crippen LogP contribution in [0.5, 0.6) is 0 Å². The van der Waals surface area contributed by atoms with Crippen molar-refractivity contribution in [3.8, 4) is 0 Å². The molecular weight excluding hydrogens is 352 g/mol. The molecule has 7 heteroatoms. The molecule has 1 saturated heterocycles. The van der Waals surface area contributed by atoms with E-state index in [0.29, 0.717) is 12.2 Å². The molecule has 0 radical (unpaired) electrons. The average molecular weight is 383 g/mol. The molecule has 3 aliphatic rings. The van der Waals surface area contributed by atoms with Crippen molar-refractivity contribution in [3.63, 3.8) is 0 Å². The third-order valence-corrected chi connectivity index (χ3v) is 6.99. The van der Waals surface area contributed by atoms with Crippen LogP contribution in [0.1, 0.15) is 39.5 Å². The summed E-state index contributed by atoms with van der Waals surface area (Å²) in [6, 6.07) is 0. The Hall–Kier alpha value is -1.31.